The van der Waals surface area contributed by atoms with Crippen molar-refractivity contribution in [1.29, 1.82) is 0 Å². The van der Waals surface area contributed by atoms with Gasteiger partial charge in [0.25, 0.3) is 6.01 Å². The van der Waals surface area contributed by atoms with Crippen LogP contribution in [0.15, 0.2) is 34.9 Å². The topological polar surface area (TPSA) is 55.3 Å². The first-order valence-corrected chi connectivity index (χ1v) is 5.11. The number of nitrogens with two attached hydrogens (primary N) is 1. The fourth-order valence-corrected chi connectivity index (χ4v) is 1.52. The summed E-state index contributed by atoms with van der Waals surface area (Å²) < 4.78 is 4.96. The summed E-state index contributed by atoms with van der Waals surface area (Å²) in [4.78, 5) is 6.13. The van der Waals surface area contributed by atoms with Crippen LogP contribution in [0.25, 0.3) is 0 Å². The molecule has 0 bridgehead atoms. The number of rotatable bonds is 3. The van der Waals surface area contributed by atoms with E-state index < -0.39 is 0 Å². The predicted molar refractivity (Wildman–Crippen MR) is 64.5 cm³/mol. The van der Waals surface area contributed by atoms with Crippen LogP contribution < -0.4 is 10.6 Å². The molecule has 0 saturated heterocycles. The highest BCUT2D eigenvalue weighted by Crippen LogP contribution is 2.15. The van der Waals surface area contributed by atoms with E-state index in [0.29, 0.717) is 0 Å². The van der Waals surface area contributed by atoms with Gasteiger partial charge in [0.05, 0.1) is 5.69 Å². The first-order chi connectivity index (χ1) is 7.65. The van der Waals surface area contributed by atoms with Crippen LogP contribution in [0.5, 0.6) is 0 Å². The lowest BCUT2D eigenvalue weighted by Crippen LogP contribution is -2.08. The van der Waals surface area contributed by atoms with Gasteiger partial charge in [0, 0.05) is 26.2 Å². The van der Waals surface area contributed by atoms with Crippen LogP contribution in [0.3, 0.4) is 0 Å². The van der Waals surface area contributed by atoms with Crippen molar-refractivity contribution in [2.24, 2.45) is 0 Å². The van der Waals surface area contributed by atoms with Gasteiger partial charge in [0.15, 0.2) is 0 Å². The zero-order chi connectivity index (χ0) is 11.5. The van der Waals surface area contributed by atoms with Crippen molar-refractivity contribution in [1.82, 2.24) is 4.98 Å². The molecule has 0 aliphatic carbocycles. The van der Waals surface area contributed by atoms with Crippen LogP contribution in [0.2, 0.25) is 0 Å². The third-order valence-electron chi connectivity index (χ3n) is 2.41. The first kappa shape index (κ1) is 10.5. The Morgan fingerprint density at radius 3 is 2.44 bits per heavy atom. The molecule has 2 N–H and O–H groups in total. The van der Waals surface area contributed by atoms with Crippen molar-refractivity contribution in [3.8, 4) is 0 Å². The van der Waals surface area contributed by atoms with Crippen LogP contribution in [-0.4, -0.2) is 19.1 Å². The van der Waals surface area contributed by atoms with Gasteiger partial charge in [-0.05, 0) is 17.7 Å². The van der Waals surface area contributed by atoms with Crippen molar-refractivity contribution in [3.05, 3.63) is 41.8 Å². The molecule has 0 spiro atoms. The molecule has 0 unspecified atom stereocenters. The third-order valence-corrected chi connectivity index (χ3v) is 2.41. The molecule has 0 fully saturated rings. The van der Waals surface area contributed by atoms with Gasteiger partial charge < -0.3 is 15.1 Å². The molecular formula is C12H15N3O. The van der Waals surface area contributed by atoms with Crippen molar-refractivity contribution in [3.63, 3.8) is 0 Å². The number of nitrogen functional groups attached to an aromatic ring is 1. The maximum atomic E-state index is 5.41. The van der Waals surface area contributed by atoms with Crippen LogP contribution in [0.4, 0.5) is 11.7 Å². The Hall–Kier alpha value is -1.97. The lowest BCUT2D eigenvalue weighted by atomic mass is 10.1. The van der Waals surface area contributed by atoms with E-state index in [1.165, 1.54) is 11.3 Å². The average Bonchev–Trinajstić information content (AvgIpc) is 2.65. The Labute approximate surface area is 94.7 Å². The third kappa shape index (κ3) is 2.34. The highest BCUT2D eigenvalue weighted by atomic mass is 16.4. The Kier molecular flexibility index (Phi) is 2.81. The zero-order valence-corrected chi connectivity index (χ0v) is 9.47. The van der Waals surface area contributed by atoms with E-state index in [9.17, 15) is 0 Å². The minimum atomic E-state index is 0.222. The summed E-state index contributed by atoms with van der Waals surface area (Å²) in [6, 6.07) is 8.55. The molecule has 1 aromatic carbocycles. The molecule has 0 atom stereocenters. The summed E-state index contributed by atoms with van der Waals surface area (Å²) in [6.07, 6.45) is 2.34. The SMILES string of the molecule is CN(C)c1ccc(Cc2coc(N)n2)cc1. The largest absolute Gasteiger partial charge is 0.432 e. The van der Waals surface area contributed by atoms with E-state index in [-0.39, 0.29) is 6.01 Å². The maximum Gasteiger partial charge on any atom is 0.292 e. The van der Waals surface area contributed by atoms with Gasteiger partial charge in [-0.15, -0.1) is 0 Å². The monoisotopic (exact) mass is 217 g/mol. The summed E-state index contributed by atoms with van der Waals surface area (Å²) in [5.41, 5.74) is 8.65. The fraction of sp³-hybridized carbons (Fsp3) is 0.250. The molecule has 0 aliphatic rings. The lowest BCUT2D eigenvalue weighted by Gasteiger charge is -2.12. The van der Waals surface area contributed by atoms with Gasteiger partial charge in [-0.2, -0.15) is 4.98 Å². The molecule has 0 radical (unpaired) electrons. The molecule has 0 aliphatic heterocycles. The van der Waals surface area contributed by atoms with Crippen LogP contribution >= 0.6 is 0 Å². The van der Waals surface area contributed by atoms with Gasteiger partial charge in [-0.25, -0.2) is 0 Å². The molecule has 1 heterocycles. The minimum Gasteiger partial charge on any atom is -0.432 e. The number of hydrogen-bond donors (Lipinski definition) is 1. The standard InChI is InChI=1S/C12H15N3O/c1-15(2)11-5-3-9(4-6-11)7-10-8-16-12(13)14-10/h3-6,8H,7H2,1-2H3,(H2,13,14). The second-order valence-corrected chi connectivity index (χ2v) is 3.91. The van der Waals surface area contributed by atoms with Crippen molar-refractivity contribution >= 4 is 11.7 Å². The smallest absolute Gasteiger partial charge is 0.292 e. The number of hydrogen-bond acceptors (Lipinski definition) is 4. The first-order valence-electron chi connectivity index (χ1n) is 5.11. The van der Waals surface area contributed by atoms with Crippen molar-refractivity contribution in [2.75, 3.05) is 24.7 Å². The van der Waals surface area contributed by atoms with Crippen LogP contribution in [0.1, 0.15) is 11.3 Å². The van der Waals surface area contributed by atoms with E-state index in [0.717, 1.165) is 12.1 Å². The Morgan fingerprint density at radius 2 is 1.94 bits per heavy atom. The average molecular weight is 217 g/mol. The number of aromatic nitrogens is 1. The van der Waals surface area contributed by atoms with E-state index in [1.807, 2.05) is 14.1 Å². The Balaban J connectivity index is 2.11. The quantitative estimate of drug-likeness (QED) is 0.853. The fourth-order valence-electron chi connectivity index (χ4n) is 1.52. The molecule has 2 rings (SSSR count). The molecule has 0 saturated carbocycles. The highest BCUT2D eigenvalue weighted by Gasteiger charge is 2.02. The number of benzene rings is 1. The van der Waals surface area contributed by atoms with Crippen LogP contribution in [-0.2, 0) is 6.42 Å². The van der Waals surface area contributed by atoms with Gasteiger partial charge in [0.2, 0.25) is 0 Å². The highest BCUT2D eigenvalue weighted by molar-refractivity contribution is 5.46. The zero-order valence-electron chi connectivity index (χ0n) is 9.47. The molecular weight excluding hydrogens is 202 g/mol. The molecule has 4 nitrogen and oxygen atoms in total. The van der Waals surface area contributed by atoms with E-state index in [4.69, 9.17) is 10.2 Å². The van der Waals surface area contributed by atoms with E-state index in [2.05, 4.69) is 34.1 Å². The second-order valence-electron chi connectivity index (χ2n) is 3.91. The minimum absolute atomic E-state index is 0.222. The Morgan fingerprint density at radius 1 is 1.25 bits per heavy atom. The summed E-state index contributed by atoms with van der Waals surface area (Å²) >= 11 is 0. The summed E-state index contributed by atoms with van der Waals surface area (Å²) in [5, 5.41) is 0. The van der Waals surface area contributed by atoms with E-state index in [1.54, 1.807) is 6.26 Å². The van der Waals surface area contributed by atoms with Gasteiger partial charge in [0.1, 0.15) is 6.26 Å². The lowest BCUT2D eigenvalue weighted by molar-refractivity contribution is 0.579. The van der Waals surface area contributed by atoms with Crippen molar-refractivity contribution < 1.29 is 4.42 Å². The van der Waals surface area contributed by atoms with Gasteiger partial charge in [-0.3, -0.25) is 0 Å². The van der Waals surface area contributed by atoms with E-state index >= 15 is 0 Å². The van der Waals surface area contributed by atoms with Gasteiger partial charge >= 0.3 is 0 Å². The molecule has 1 aromatic heterocycles. The number of oxazole rings is 1. The molecule has 0 amide bonds. The van der Waals surface area contributed by atoms with Gasteiger partial charge in [-0.1, -0.05) is 12.1 Å². The molecule has 2 aromatic rings. The van der Waals surface area contributed by atoms with Crippen LogP contribution in [0, 0.1) is 0 Å². The molecule has 4 heteroatoms. The Bertz CT molecular complexity index is 459. The molecule has 16 heavy (non-hydrogen) atoms. The van der Waals surface area contributed by atoms with Crippen molar-refractivity contribution in [2.45, 2.75) is 6.42 Å². The normalized spacial score (nSPS) is 10.4. The summed E-state index contributed by atoms with van der Waals surface area (Å²) in [5.74, 6) is 0. The number of anilines is 2. The summed E-state index contributed by atoms with van der Waals surface area (Å²) in [7, 11) is 4.04. The summed E-state index contributed by atoms with van der Waals surface area (Å²) in [6.45, 7) is 0. The maximum absolute atomic E-state index is 5.41. The predicted octanol–water partition coefficient (Wildman–Crippen LogP) is 1.91. The second kappa shape index (κ2) is 4.26. The number of nitrogens with zero attached hydrogens (tertiary/aromatic N) is 2. The molecule has 84 valence electrons.